The molecule has 1 N–H and O–H groups in total. The van der Waals surface area contributed by atoms with Crippen LogP contribution in [0.25, 0.3) is 0 Å². The maximum atomic E-state index is 5.94. The van der Waals surface area contributed by atoms with Gasteiger partial charge in [0.15, 0.2) is 0 Å². The normalized spacial score (nSPS) is 11.1. The summed E-state index contributed by atoms with van der Waals surface area (Å²) >= 11 is 11.8. The van der Waals surface area contributed by atoms with Crippen LogP contribution in [-0.4, -0.2) is 38.6 Å². The lowest BCUT2D eigenvalue weighted by Gasteiger charge is -2.10. The standard InChI is InChI=1S/C12H18Cl2N2/c1-16(2)8-7-15-6-5-10-3-4-11(13)12(14)9-10/h3-4,9,15H,5-8H2,1-2H3. The van der Waals surface area contributed by atoms with E-state index < -0.39 is 0 Å². The van der Waals surface area contributed by atoms with E-state index in [-0.39, 0.29) is 0 Å². The Hall–Kier alpha value is -0.280. The molecule has 90 valence electrons. The quantitative estimate of drug-likeness (QED) is 0.792. The zero-order valence-corrected chi connectivity index (χ0v) is 11.3. The van der Waals surface area contributed by atoms with E-state index in [1.807, 2.05) is 18.2 Å². The van der Waals surface area contributed by atoms with Crippen molar-refractivity contribution >= 4 is 23.2 Å². The minimum absolute atomic E-state index is 0.617. The maximum Gasteiger partial charge on any atom is 0.0595 e. The molecule has 1 rings (SSSR count). The van der Waals surface area contributed by atoms with Gasteiger partial charge < -0.3 is 10.2 Å². The number of hydrogen-bond acceptors (Lipinski definition) is 2. The van der Waals surface area contributed by atoms with Crippen LogP contribution in [0.4, 0.5) is 0 Å². The Bertz CT molecular complexity index is 327. The molecule has 0 heterocycles. The van der Waals surface area contributed by atoms with Gasteiger partial charge in [-0.05, 0) is 44.8 Å². The molecule has 16 heavy (non-hydrogen) atoms. The first kappa shape index (κ1) is 13.8. The van der Waals surface area contributed by atoms with Crippen LogP contribution in [0.3, 0.4) is 0 Å². The monoisotopic (exact) mass is 260 g/mol. The minimum Gasteiger partial charge on any atom is -0.315 e. The zero-order valence-electron chi connectivity index (χ0n) is 9.76. The molecule has 0 saturated carbocycles. The van der Waals surface area contributed by atoms with E-state index in [1.54, 1.807) is 0 Å². The fourth-order valence-electron chi connectivity index (χ4n) is 1.36. The minimum atomic E-state index is 0.617. The number of hydrogen-bond donors (Lipinski definition) is 1. The van der Waals surface area contributed by atoms with Crippen molar-refractivity contribution in [3.8, 4) is 0 Å². The van der Waals surface area contributed by atoms with E-state index in [0.717, 1.165) is 26.1 Å². The first-order valence-electron chi connectivity index (χ1n) is 5.39. The van der Waals surface area contributed by atoms with Crippen LogP contribution in [-0.2, 0) is 6.42 Å². The first-order valence-corrected chi connectivity index (χ1v) is 6.14. The van der Waals surface area contributed by atoms with Gasteiger partial charge in [-0.2, -0.15) is 0 Å². The molecule has 0 aromatic heterocycles. The highest BCUT2D eigenvalue weighted by atomic mass is 35.5. The molecular weight excluding hydrogens is 243 g/mol. The lowest BCUT2D eigenvalue weighted by molar-refractivity contribution is 0.401. The van der Waals surface area contributed by atoms with E-state index in [4.69, 9.17) is 23.2 Å². The van der Waals surface area contributed by atoms with Gasteiger partial charge in [-0.3, -0.25) is 0 Å². The largest absolute Gasteiger partial charge is 0.315 e. The van der Waals surface area contributed by atoms with E-state index in [2.05, 4.69) is 24.3 Å². The predicted molar refractivity (Wildman–Crippen MR) is 71.6 cm³/mol. The van der Waals surface area contributed by atoms with Crippen molar-refractivity contribution in [2.75, 3.05) is 33.7 Å². The predicted octanol–water partition coefficient (Wildman–Crippen LogP) is 2.69. The van der Waals surface area contributed by atoms with Gasteiger partial charge in [0.25, 0.3) is 0 Å². The fourth-order valence-corrected chi connectivity index (χ4v) is 1.68. The fraction of sp³-hybridized carbons (Fsp3) is 0.500. The smallest absolute Gasteiger partial charge is 0.0595 e. The van der Waals surface area contributed by atoms with E-state index in [9.17, 15) is 0 Å². The molecule has 2 nitrogen and oxygen atoms in total. The highest BCUT2D eigenvalue weighted by Gasteiger charge is 1.99. The number of rotatable bonds is 6. The lowest BCUT2D eigenvalue weighted by atomic mass is 10.1. The molecule has 0 aliphatic rings. The third-order valence-electron chi connectivity index (χ3n) is 2.31. The third kappa shape index (κ3) is 5.17. The summed E-state index contributed by atoms with van der Waals surface area (Å²) in [6.45, 7) is 3.03. The van der Waals surface area contributed by atoms with E-state index in [0.29, 0.717) is 10.0 Å². The summed E-state index contributed by atoms with van der Waals surface area (Å²) in [6, 6.07) is 5.79. The summed E-state index contributed by atoms with van der Waals surface area (Å²) in [4.78, 5) is 2.16. The van der Waals surface area contributed by atoms with E-state index >= 15 is 0 Å². The van der Waals surface area contributed by atoms with Crippen molar-refractivity contribution in [1.82, 2.24) is 10.2 Å². The second-order valence-corrected chi connectivity index (χ2v) is 4.87. The Balaban J connectivity index is 2.24. The van der Waals surface area contributed by atoms with Gasteiger partial charge in [0.2, 0.25) is 0 Å². The van der Waals surface area contributed by atoms with Gasteiger partial charge in [-0.15, -0.1) is 0 Å². The lowest BCUT2D eigenvalue weighted by Crippen LogP contribution is -2.27. The van der Waals surface area contributed by atoms with Crippen molar-refractivity contribution < 1.29 is 0 Å². The molecule has 1 aromatic carbocycles. The van der Waals surface area contributed by atoms with Crippen molar-refractivity contribution in [3.05, 3.63) is 33.8 Å². The number of likely N-dealkylation sites (N-methyl/N-ethyl adjacent to an activating group) is 1. The van der Waals surface area contributed by atoms with Crippen LogP contribution >= 0.6 is 23.2 Å². The molecule has 0 aliphatic carbocycles. The molecule has 1 aromatic rings. The van der Waals surface area contributed by atoms with Crippen molar-refractivity contribution in [3.63, 3.8) is 0 Å². The van der Waals surface area contributed by atoms with Crippen LogP contribution < -0.4 is 5.32 Å². The highest BCUT2D eigenvalue weighted by Crippen LogP contribution is 2.22. The molecule has 0 fully saturated rings. The summed E-state index contributed by atoms with van der Waals surface area (Å²) in [7, 11) is 4.14. The second kappa shape index (κ2) is 7.13. The first-order chi connectivity index (χ1) is 7.59. The molecule has 0 saturated heterocycles. The molecule has 0 amide bonds. The van der Waals surface area contributed by atoms with Gasteiger partial charge in [-0.25, -0.2) is 0 Å². The van der Waals surface area contributed by atoms with Crippen LogP contribution in [0.5, 0.6) is 0 Å². The number of nitrogens with one attached hydrogen (secondary N) is 1. The Morgan fingerprint density at radius 3 is 2.50 bits per heavy atom. The summed E-state index contributed by atoms with van der Waals surface area (Å²) in [5.41, 5.74) is 1.21. The van der Waals surface area contributed by atoms with Crippen molar-refractivity contribution in [1.29, 1.82) is 0 Å². The van der Waals surface area contributed by atoms with Crippen molar-refractivity contribution in [2.24, 2.45) is 0 Å². The SMILES string of the molecule is CN(C)CCNCCc1ccc(Cl)c(Cl)c1. The highest BCUT2D eigenvalue weighted by molar-refractivity contribution is 6.42. The number of benzene rings is 1. The number of nitrogens with zero attached hydrogens (tertiary/aromatic N) is 1. The van der Waals surface area contributed by atoms with Gasteiger partial charge in [0.1, 0.15) is 0 Å². The maximum absolute atomic E-state index is 5.94. The van der Waals surface area contributed by atoms with Crippen LogP contribution in [0.15, 0.2) is 18.2 Å². The third-order valence-corrected chi connectivity index (χ3v) is 3.05. The molecule has 4 heteroatoms. The molecule has 0 bridgehead atoms. The molecule has 0 spiro atoms. The summed E-state index contributed by atoms with van der Waals surface area (Å²) in [5.74, 6) is 0. The summed E-state index contributed by atoms with van der Waals surface area (Å²) in [5, 5.41) is 4.63. The molecule has 0 radical (unpaired) electrons. The summed E-state index contributed by atoms with van der Waals surface area (Å²) in [6.07, 6.45) is 0.977. The molecular formula is C12H18Cl2N2. The Morgan fingerprint density at radius 1 is 1.12 bits per heavy atom. The Morgan fingerprint density at radius 2 is 1.88 bits per heavy atom. The zero-order chi connectivity index (χ0) is 12.0. The summed E-state index contributed by atoms with van der Waals surface area (Å²) < 4.78 is 0. The van der Waals surface area contributed by atoms with Gasteiger partial charge >= 0.3 is 0 Å². The topological polar surface area (TPSA) is 15.3 Å². The number of halogens is 2. The van der Waals surface area contributed by atoms with Gasteiger partial charge in [0, 0.05) is 13.1 Å². The van der Waals surface area contributed by atoms with Crippen LogP contribution in [0, 0.1) is 0 Å². The van der Waals surface area contributed by atoms with Gasteiger partial charge in [-0.1, -0.05) is 29.3 Å². The average molecular weight is 261 g/mol. The van der Waals surface area contributed by atoms with Crippen LogP contribution in [0.1, 0.15) is 5.56 Å². The Labute approximate surface area is 108 Å². The molecule has 0 atom stereocenters. The van der Waals surface area contributed by atoms with Crippen molar-refractivity contribution in [2.45, 2.75) is 6.42 Å². The second-order valence-electron chi connectivity index (χ2n) is 4.05. The van der Waals surface area contributed by atoms with Gasteiger partial charge in [0.05, 0.1) is 10.0 Å². The van der Waals surface area contributed by atoms with E-state index in [1.165, 1.54) is 5.56 Å². The molecule has 0 aliphatic heterocycles. The Kier molecular flexibility index (Phi) is 6.14. The average Bonchev–Trinajstić information content (AvgIpc) is 2.22. The van der Waals surface area contributed by atoms with Crippen LogP contribution in [0.2, 0.25) is 10.0 Å². The molecule has 0 unspecified atom stereocenters.